The summed E-state index contributed by atoms with van der Waals surface area (Å²) in [7, 11) is 2.14. The van der Waals surface area contributed by atoms with Crippen LogP contribution in [0, 0.1) is 6.92 Å². The molecular formula is C27H34BNO3. The zero-order valence-electron chi connectivity index (χ0n) is 20.2. The second-order valence-corrected chi connectivity index (χ2v) is 9.84. The molecule has 0 saturated carbocycles. The number of benzene rings is 2. The van der Waals surface area contributed by atoms with E-state index in [0.29, 0.717) is 0 Å². The number of ether oxygens (including phenoxy) is 2. The van der Waals surface area contributed by atoms with Gasteiger partial charge in [-0.25, -0.2) is 0 Å². The van der Waals surface area contributed by atoms with Crippen molar-refractivity contribution < 1.29 is 14.6 Å². The summed E-state index contributed by atoms with van der Waals surface area (Å²) < 4.78 is 12.2. The molecule has 2 aromatic carbocycles. The smallest absolute Gasteiger partial charge is 0.139 e. The van der Waals surface area contributed by atoms with Crippen LogP contribution in [-0.2, 0) is 17.6 Å². The molecule has 0 spiro atoms. The Labute approximate surface area is 192 Å². The summed E-state index contributed by atoms with van der Waals surface area (Å²) >= 11 is 0. The van der Waals surface area contributed by atoms with Gasteiger partial charge in [0.15, 0.2) is 0 Å². The predicted octanol–water partition coefficient (Wildman–Crippen LogP) is 4.20. The van der Waals surface area contributed by atoms with Crippen LogP contribution < -0.4 is 10.2 Å². The number of aliphatic hydroxyl groups excluding tert-OH is 1. The number of rotatable bonds is 5. The molecule has 1 aliphatic rings. The third-order valence-corrected chi connectivity index (χ3v) is 6.10. The van der Waals surface area contributed by atoms with Gasteiger partial charge in [0.25, 0.3) is 0 Å². The van der Waals surface area contributed by atoms with Crippen LogP contribution in [0.4, 0.5) is 0 Å². The van der Waals surface area contributed by atoms with Crippen LogP contribution >= 0.6 is 0 Å². The largest absolute Gasteiger partial charge is 0.493 e. The molecular weight excluding hydrogens is 397 g/mol. The van der Waals surface area contributed by atoms with Crippen LogP contribution in [-0.4, -0.2) is 36.8 Å². The average molecular weight is 431 g/mol. The minimum atomic E-state index is -0.459. The standard InChI is InChI=1S/C27H34BNO3/c1-6-17-13-20(28)14-21-25(19-9-10-22-18(12-19)8-7-11-31-22)24(16(2)29-26(17)21)23(15-30)32-27(3,4)5/h9-10,12-14,23,30H,6-8,11,15,28H2,1-5H3/t23-/m1/s1. The van der Waals surface area contributed by atoms with E-state index in [1.165, 1.54) is 16.6 Å². The maximum Gasteiger partial charge on any atom is 0.139 e. The van der Waals surface area contributed by atoms with Gasteiger partial charge in [0, 0.05) is 16.6 Å². The van der Waals surface area contributed by atoms with E-state index in [4.69, 9.17) is 14.5 Å². The van der Waals surface area contributed by atoms with Gasteiger partial charge in [-0.15, -0.1) is 0 Å². The predicted molar refractivity (Wildman–Crippen MR) is 134 cm³/mol. The maximum absolute atomic E-state index is 10.4. The fourth-order valence-electron chi connectivity index (χ4n) is 4.83. The van der Waals surface area contributed by atoms with E-state index in [-0.39, 0.29) is 6.61 Å². The van der Waals surface area contributed by atoms with Crippen LogP contribution in [0.2, 0.25) is 0 Å². The van der Waals surface area contributed by atoms with Crippen molar-refractivity contribution in [2.75, 3.05) is 13.2 Å². The van der Waals surface area contributed by atoms with Crippen LogP contribution in [0.15, 0.2) is 30.3 Å². The monoisotopic (exact) mass is 431 g/mol. The molecule has 32 heavy (non-hydrogen) atoms. The Morgan fingerprint density at radius 2 is 2.00 bits per heavy atom. The van der Waals surface area contributed by atoms with E-state index in [1.54, 1.807) is 0 Å². The topological polar surface area (TPSA) is 51.6 Å². The summed E-state index contributed by atoms with van der Waals surface area (Å²) in [5.41, 5.74) is 8.46. The normalized spacial score (nSPS) is 14.8. The van der Waals surface area contributed by atoms with Crippen LogP contribution in [0.5, 0.6) is 5.75 Å². The first-order valence-corrected chi connectivity index (χ1v) is 11.7. The van der Waals surface area contributed by atoms with E-state index in [0.717, 1.165) is 64.9 Å². The van der Waals surface area contributed by atoms with E-state index in [1.807, 2.05) is 27.7 Å². The minimum Gasteiger partial charge on any atom is -0.493 e. The SMILES string of the molecule is Bc1cc(CC)c2nc(C)c([C@@H](CO)OC(C)(C)C)c(-c3ccc4c(c3)CCCO4)c2c1. The summed E-state index contributed by atoms with van der Waals surface area (Å²) in [6.07, 6.45) is 2.51. The lowest BCUT2D eigenvalue weighted by molar-refractivity contribution is -0.0823. The highest BCUT2D eigenvalue weighted by Crippen LogP contribution is 2.41. The van der Waals surface area contributed by atoms with Crippen molar-refractivity contribution >= 4 is 24.2 Å². The molecule has 5 heteroatoms. The Kier molecular flexibility index (Phi) is 6.33. The summed E-state index contributed by atoms with van der Waals surface area (Å²) in [6, 6.07) is 10.9. The molecule has 168 valence electrons. The first-order chi connectivity index (χ1) is 15.2. The van der Waals surface area contributed by atoms with Gasteiger partial charge in [0.1, 0.15) is 19.7 Å². The highest BCUT2D eigenvalue weighted by atomic mass is 16.5. The molecule has 1 aromatic heterocycles. The Morgan fingerprint density at radius 1 is 1.22 bits per heavy atom. The van der Waals surface area contributed by atoms with E-state index in [9.17, 15) is 5.11 Å². The molecule has 3 aromatic rings. The van der Waals surface area contributed by atoms with Crippen molar-refractivity contribution in [1.29, 1.82) is 0 Å². The van der Waals surface area contributed by atoms with Crippen molar-refractivity contribution in [2.45, 2.75) is 65.6 Å². The van der Waals surface area contributed by atoms with Gasteiger partial charge >= 0.3 is 0 Å². The third kappa shape index (κ3) is 4.42. The van der Waals surface area contributed by atoms with Crippen molar-refractivity contribution in [2.24, 2.45) is 0 Å². The van der Waals surface area contributed by atoms with E-state index in [2.05, 4.69) is 45.1 Å². The van der Waals surface area contributed by atoms with E-state index < -0.39 is 11.7 Å². The lowest BCUT2D eigenvalue weighted by Crippen LogP contribution is -2.26. The van der Waals surface area contributed by atoms with Gasteiger partial charge in [-0.05, 0) is 81.3 Å². The first-order valence-electron chi connectivity index (χ1n) is 11.7. The Bertz CT molecular complexity index is 1150. The van der Waals surface area contributed by atoms with Crippen LogP contribution in [0.3, 0.4) is 0 Å². The lowest BCUT2D eigenvalue weighted by atomic mass is 9.85. The molecule has 1 aliphatic heterocycles. The Morgan fingerprint density at radius 3 is 2.69 bits per heavy atom. The summed E-state index contributed by atoms with van der Waals surface area (Å²) in [4.78, 5) is 5.04. The first kappa shape index (κ1) is 22.8. The van der Waals surface area contributed by atoms with Gasteiger partial charge in [-0.2, -0.15) is 0 Å². The molecule has 0 amide bonds. The molecule has 0 aliphatic carbocycles. The van der Waals surface area contributed by atoms with Gasteiger partial charge in [0.2, 0.25) is 0 Å². The maximum atomic E-state index is 10.4. The van der Waals surface area contributed by atoms with Crippen LogP contribution in [0.1, 0.15) is 62.6 Å². The van der Waals surface area contributed by atoms with Gasteiger partial charge < -0.3 is 14.6 Å². The highest BCUT2D eigenvalue weighted by Gasteiger charge is 2.27. The molecule has 1 N–H and O–H groups in total. The third-order valence-electron chi connectivity index (χ3n) is 6.10. The van der Waals surface area contributed by atoms with Crippen molar-refractivity contribution in [3.05, 3.63) is 52.7 Å². The molecule has 1 atom stereocenters. The molecule has 0 unspecified atom stereocenters. The summed E-state index contributed by atoms with van der Waals surface area (Å²) in [5, 5.41) is 11.5. The molecule has 0 saturated heterocycles. The highest BCUT2D eigenvalue weighted by molar-refractivity contribution is 6.33. The second kappa shape index (κ2) is 8.88. The average Bonchev–Trinajstić information content (AvgIpc) is 2.75. The number of pyridine rings is 1. The van der Waals surface area contributed by atoms with Gasteiger partial charge in [-0.1, -0.05) is 30.6 Å². The molecule has 4 nitrogen and oxygen atoms in total. The van der Waals surface area contributed by atoms with Crippen molar-refractivity contribution in [3.63, 3.8) is 0 Å². The number of aliphatic hydroxyl groups is 1. The number of fused-ring (bicyclic) bond motifs is 2. The molecule has 0 fully saturated rings. The van der Waals surface area contributed by atoms with Crippen LogP contribution in [0.25, 0.3) is 22.0 Å². The number of hydrogen-bond donors (Lipinski definition) is 1. The Balaban J connectivity index is 2.06. The van der Waals surface area contributed by atoms with Gasteiger partial charge in [-0.3, -0.25) is 4.98 Å². The van der Waals surface area contributed by atoms with E-state index >= 15 is 0 Å². The molecule has 0 bridgehead atoms. The lowest BCUT2D eigenvalue weighted by Gasteiger charge is -2.30. The van der Waals surface area contributed by atoms with Crippen molar-refractivity contribution in [3.8, 4) is 16.9 Å². The fraction of sp³-hybridized carbons (Fsp3) is 0.444. The minimum absolute atomic E-state index is 0.0984. The number of hydrogen-bond acceptors (Lipinski definition) is 4. The zero-order chi connectivity index (χ0) is 23.0. The second-order valence-electron chi connectivity index (χ2n) is 9.84. The number of aromatic nitrogens is 1. The number of nitrogens with zero attached hydrogens (tertiary/aromatic N) is 1. The summed E-state index contributed by atoms with van der Waals surface area (Å²) in [5.74, 6) is 0.978. The van der Waals surface area contributed by atoms with Gasteiger partial charge in [0.05, 0.1) is 24.3 Å². The molecule has 4 rings (SSSR count). The van der Waals surface area contributed by atoms with Crippen molar-refractivity contribution in [1.82, 2.24) is 4.98 Å². The zero-order valence-corrected chi connectivity index (χ0v) is 20.2. The summed E-state index contributed by atoms with van der Waals surface area (Å²) in [6.45, 7) is 11.0. The Hall–Kier alpha value is -2.37. The molecule has 2 heterocycles. The molecule has 0 radical (unpaired) electrons. The fourth-order valence-corrected chi connectivity index (χ4v) is 4.83. The number of aryl methyl sites for hydroxylation is 3. The quantitative estimate of drug-likeness (QED) is 0.616.